The highest BCUT2D eigenvalue weighted by molar-refractivity contribution is 5.84. The van der Waals surface area contributed by atoms with Crippen LogP contribution in [0.3, 0.4) is 0 Å². The van der Waals surface area contributed by atoms with Gasteiger partial charge in [-0.3, -0.25) is 9.48 Å². The number of pyridine rings is 1. The fourth-order valence-corrected chi connectivity index (χ4v) is 4.87. The van der Waals surface area contributed by atoms with E-state index >= 15 is 0 Å². The average Bonchev–Trinajstić information content (AvgIpc) is 3.62. The molecule has 0 spiro atoms. The maximum absolute atomic E-state index is 13.2. The zero-order valence-electron chi connectivity index (χ0n) is 21.6. The highest BCUT2D eigenvalue weighted by atomic mass is 19.1. The summed E-state index contributed by atoms with van der Waals surface area (Å²) in [6.07, 6.45) is 8.63. The molecule has 40 heavy (non-hydrogen) atoms. The smallest absolute Gasteiger partial charge is 0.244 e. The van der Waals surface area contributed by atoms with Crippen LogP contribution in [0.5, 0.6) is 0 Å². The number of hydrogen-bond acceptors (Lipinski definition) is 8. The Morgan fingerprint density at radius 1 is 1.00 bits per heavy atom. The van der Waals surface area contributed by atoms with Crippen LogP contribution in [0.1, 0.15) is 17.2 Å². The molecule has 5 heterocycles. The number of nitrogens with zero attached hydrogens (tertiary/aromatic N) is 9. The molecule has 1 aliphatic heterocycles. The third-order valence-corrected chi connectivity index (χ3v) is 7.05. The molecule has 12 heteroatoms. The van der Waals surface area contributed by atoms with E-state index < -0.39 is 6.04 Å². The predicted molar refractivity (Wildman–Crippen MR) is 145 cm³/mol. The van der Waals surface area contributed by atoms with Crippen LogP contribution in [0.2, 0.25) is 0 Å². The summed E-state index contributed by atoms with van der Waals surface area (Å²) in [7, 11) is 1.84. The molecule has 6 rings (SSSR count). The van der Waals surface area contributed by atoms with Gasteiger partial charge in [-0.05, 0) is 29.8 Å². The van der Waals surface area contributed by atoms with E-state index in [1.165, 1.54) is 30.5 Å². The maximum Gasteiger partial charge on any atom is 0.244 e. The molecule has 200 valence electrons. The molecule has 0 radical (unpaired) electrons. The van der Waals surface area contributed by atoms with Gasteiger partial charge in [0.1, 0.15) is 34.8 Å². The van der Waals surface area contributed by atoms with Gasteiger partial charge in [-0.1, -0.05) is 12.1 Å². The predicted octanol–water partition coefficient (Wildman–Crippen LogP) is 2.55. The van der Waals surface area contributed by atoms with E-state index in [1.807, 2.05) is 25.4 Å². The van der Waals surface area contributed by atoms with Crippen LogP contribution in [0.4, 0.5) is 10.2 Å². The van der Waals surface area contributed by atoms with Crippen molar-refractivity contribution in [2.75, 3.05) is 31.1 Å². The van der Waals surface area contributed by atoms with Gasteiger partial charge in [0, 0.05) is 56.7 Å². The van der Waals surface area contributed by atoms with Crippen molar-refractivity contribution in [1.82, 2.24) is 34.3 Å². The lowest BCUT2D eigenvalue weighted by Crippen LogP contribution is -2.51. The zero-order valence-corrected chi connectivity index (χ0v) is 21.6. The number of benzene rings is 1. The third kappa shape index (κ3) is 4.63. The molecule has 2 N–H and O–H groups in total. The quantitative estimate of drug-likeness (QED) is 0.362. The maximum atomic E-state index is 13.2. The first kappa shape index (κ1) is 25.1. The van der Waals surface area contributed by atoms with Crippen LogP contribution >= 0.6 is 0 Å². The second kappa shape index (κ2) is 10.2. The molecule has 0 bridgehead atoms. The molecule has 1 amide bonds. The number of piperazine rings is 1. The summed E-state index contributed by atoms with van der Waals surface area (Å²) in [6, 6.07) is 10.9. The lowest BCUT2D eigenvalue weighted by molar-refractivity contribution is -0.133. The number of carbonyl (C=O) groups is 1. The highest BCUT2D eigenvalue weighted by Gasteiger charge is 2.27. The molecule has 4 aromatic heterocycles. The number of fused-ring (bicyclic) bond motifs is 1. The highest BCUT2D eigenvalue weighted by Crippen LogP contribution is 2.29. The number of hydrogen-bond donors (Lipinski definition) is 1. The molecule has 1 aromatic carbocycles. The lowest BCUT2D eigenvalue weighted by atomic mass is 10.1. The van der Waals surface area contributed by atoms with Gasteiger partial charge in [-0.2, -0.15) is 15.5 Å². The van der Waals surface area contributed by atoms with Gasteiger partial charge in [0.2, 0.25) is 5.91 Å². The second-order valence-electron chi connectivity index (χ2n) is 9.59. The van der Waals surface area contributed by atoms with Crippen LogP contribution in [0, 0.1) is 17.1 Å². The van der Waals surface area contributed by atoms with E-state index in [0.29, 0.717) is 54.2 Å². The first-order valence-electron chi connectivity index (χ1n) is 12.7. The normalized spacial score (nSPS) is 14.3. The minimum absolute atomic E-state index is 0.188. The molecule has 0 saturated carbocycles. The van der Waals surface area contributed by atoms with Crippen molar-refractivity contribution in [2.45, 2.75) is 6.04 Å². The molecular weight excluding hydrogens is 511 g/mol. The Balaban J connectivity index is 1.20. The number of rotatable bonds is 5. The second-order valence-corrected chi connectivity index (χ2v) is 9.59. The fourth-order valence-electron chi connectivity index (χ4n) is 4.87. The van der Waals surface area contributed by atoms with E-state index in [2.05, 4.69) is 26.2 Å². The number of amides is 1. The van der Waals surface area contributed by atoms with Crippen molar-refractivity contribution in [3.63, 3.8) is 0 Å². The minimum atomic E-state index is -0.835. The fraction of sp³-hybridized carbons (Fsp3) is 0.214. The van der Waals surface area contributed by atoms with E-state index in [4.69, 9.17) is 10.7 Å². The van der Waals surface area contributed by atoms with Crippen LogP contribution in [0.15, 0.2) is 67.4 Å². The monoisotopic (exact) mass is 536 g/mol. The van der Waals surface area contributed by atoms with Gasteiger partial charge in [-0.25, -0.2) is 18.9 Å². The molecule has 1 aliphatic rings. The minimum Gasteiger partial charge on any atom is -0.353 e. The third-order valence-electron chi connectivity index (χ3n) is 7.05. The lowest BCUT2D eigenvalue weighted by Gasteiger charge is -2.36. The van der Waals surface area contributed by atoms with Crippen molar-refractivity contribution < 1.29 is 9.18 Å². The first-order chi connectivity index (χ1) is 19.4. The van der Waals surface area contributed by atoms with Crippen molar-refractivity contribution in [3.8, 4) is 28.6 Å². The summed E-state index contributed by atoms with van der Waals surface area (Å²) in [5.74, 6) is 0.215. The molecule has 5 aromatic rings. The van der Waals surface area contributed by atoms with Gasteiger partial charge in [0.25, 0.3) is 0 Å². The Labute approximate surface area is 228 Å². The molecular formula is C28H25FN10O. The van der Waals surface area contributed by atoms with Gasteiger partial charge in [0.15, 0.2) is 0 Å². The van der Waals surface area contributed by atoms with Gasteiger partial charge >= 0.3 is 0 Å². The number of carbonyl (C=O) groups excluding carboxylic acids is 1. The van der Waals surface area contributed by atoms with Gasteiger partial charge < -0.3 is 15.5 Å². The topological polar surface area (TPSA) is 134 Å². The Morgan fingerprint density at radius 2 is 1.77 bits per heavy atom. The Kier molecular flexibility index (Phi) is 6.41. The van der Waals surface area contributed by atoms with Crippen molar-refractivity contribution in [2.24, 2.45) is 12.8 Å². The zero-order chi connectivity index (χ0) is 27.8. The number of nitriles is 1. The van der Waals surface area contributed by atoms with Crippen molar-refractivity contribution in [1.29, 1.82) is 5.26 Å². The van der Waals surface area contributed by atoms with Crippen LogP contribution < -0.4 is 10.6 Å². The number of aromatic nitrogens is 6. The summed E-state index contributed by atoms with van der Waals surface area (Å²) in [6.45, 7) is 2.17. The summed E-state index contributed by atoms with van der Waals surface area (Å²) in [5.41, 5.74) is 10.6. The Bertz CT molecular complexity index is 1730. The van der Waals surface area contributed by atoms with Crippen LogP contribution in [-0.2, 0) is 11.8 Å². The molecule has 1 fully saturated rings. The van der Waals surface area contributed by atoms with E-state index in [0.717, 1.165) is 16.9 Å². The van der Waals surface area contributed by atoms with Gasteiger partial charge in [0.05, 0.1) is 30.0 Å². The Hall–Kier alpha value is -5.15. The van der Waals surface area contributed by atoms with E-state index in [-0.39, 0.29) is 11.7 Å². The molecule has 0 aliphatic carbocycles. The number of anilines is 1. The standard InChI is InChI=1S/C28H25FN10O/c1-36-16-21(15-33-36)23-17-39-27(20(12-30)14-34-39)26(35-23)19-4-7-24(32-13-19)37-8-10-38(11-9-37)28(40)25(31)18-2-5-22(29)6-3-18/h2-7,13-17,25H,8-11,31H2,1H3/t25-/m1/s1. The van der Waals surface area contributed by atoms with Crippen LogP contribution in [0.25, 0.3) is 28.0 Å². The average molecular weight is 537 g/mol. The van der Waals surface area contributed by atoms with Crippen molar-refractivity contribution in [3.05, 3.63) is 84.3 Å². The summed E-state index contributed by atoms with van der Waals surface area (Å²) in [4.78, 5) is 26.3. The number of halogens is 1. The van der Waals surface area contributed by atoms with Gasteiger partial charge in [-0.15, -0.1) is 0 Å². The van der Waals surface area contributed by atoms with Crippen LogP contribution in [-0.4, -0.2) is 66.3 Å². The Morgan fingerprint density at radius 3 is 2.42 bits per heavy atom. The molecule has 0 unspecified atom stereocenters. The van der Waals surface area contributed by atoms with E-state index in [9.17, 15) is 14.4 Å². The molecule has 11 nitrogen and oxygen atoms in total. The summed E-state index contributed by atoms with van der Waals surface area (Å²) in [5, 5.41) is 18.2. The molecule has 1 saturated heterocycles. The molecule has 1 atom stereocenters. The summed E-state index contributed by atoms with van der Waals surface area (Å²) < 4.78 is 16.6. The van der Waals surface area contributed by atoms with E-state index in [1.54, 1.807) is 32.7 Å². The number of aryl methyl sites for hydroxylation is 1. The largest absolute Gasteiger partial charge is 0.353 e. The summed E-state index contributed by atoms with van der Waals surface area (Å²) >= 11 is 0. The SMILES string of the molecule is Cn1cc(-c2cn3ncc(C#N)c3c(-c3ccc(N4CCN(C(=O)[C@H](N)c5ccc(F)cc5)CC4)nc3)n2)cn1. The van der Waals surface area contributed by atoms with Crippen molar-refractivity contribution >= 4 is 17.2 Å². The first-order valence-corrected chi connectivity index (χ1v) is 12.7. The number of nitrogens with two attached hydrogens (primary N) is 1.